The molecule has 3 unspecified atom stereocenters. The normalized spacial score (nSPS) is 13.1. The van der Waals surface area contributed by atoms with E-state index in [2.05, 4.69) is 10.6 Å². The Kier molecular flexibility index (Phi) is 22.1. The number of nitrogens with zero attached hydrogens (tertiary/aromatic N) is 1. The fraction of sp³-hybridized carbons (Fsp3) is 0.667. The number of carbonyl (C=O) groups is 5. The molecule has 6 N–H and O–H groups in total. The lowest BCUT2D eigenvalue weighted by Gasteiger charge is -2.25. The second kappa shape index (κ2) is 24.8. The minimum absolute atomic E-state index is 0.0316. The SMILES string of the molecule is CCOC(CCCC(=O)CN(CC(O)CCO)C(=O)CC(=O)NC(Cc1ccccc1)C(=O)CCC(=O)NCC(O)CCO)OCC. The first-order valence-corrected chi connectivity index (χ1v) is 16.3. The van der Waals surface area contributed by atoms with Gasteiger partial charge in [0.25, 0.3) is 0 Å². The topological polar surface area (TPSA) is 212 Å². The van der Waals surface area contributed by atoms with Gasteiger partial charge in [0.2, 0.25) is 17.7 Å². The van der Waals surface area contributed by atoms with Crippen LogP contribution in [-0.2, 0) is 39.9 Å². The molecule has 0 aliphatic heterocycles. The number of carbonyl (C=O) groups excluding carboxylic acids is 5. The highest BCUT2D eigenvalue weighted by Gasteiger charge is 2.26. The molecule has 0 radical (unpaired) electrons. The van der Waals surface area contributed by atoms with Crippen molar-refractivity contribution in [2.45, 2.75) is 96.2 Å². The Morgan fingerprint density at radius 1 is 0.830 bits per heavy atom. The summed E-state index contributed by atoms with van der Waals surface area (Å²) in [5.74, 6) is -2.72. The molecule has 3 atom stereocenters. The van der Waals surface area contributed by atoms with E-state index in [1.54, 1.807) is 30.3 Å². The number of Topliss-reactive ketones (excluding diaryl/α,β-unsaturated/α-hetero) is 2. The van der Waals surface area contributed by atoms with Crippen LogP contribution in [0.3, 0.4) is 0 Å². The first-order chi connectivity index (χ1) is 22.5. The number of nitrogens with one attached hydrogen (secondary N) is 2. The minimum atomic E-state index is -1.12. The third kappa shape index (κ3) is 19.2. The van der Waals surface area contributed by atoms with Crippen molar-refractivity contribution >= 4 is 29.3 Å². The third-order valence-electron chi connectivity index (χ3n) is 7.13. The zero-order valence-corrected chi connectivity index (χ0v) is 27.6. The van der Waals surface area contributed by atoms with Crippen LogP contribution in [0.15, 0.2) is 30.3 Å². The summed E-state index contributed by atoms with van der Waals surface area (Å²) in [6.45, 7) is 3.31. The van der Waals surface area contributed by atoms with Gasteiger partial charge in [-0.15, -0.1) is 0 Å². The molecule has 0 aliphatic carbocycles. The average molecular weight is 668 g/mol. The number of ketones is 2. The van der Waals surface area contributed by atoms with E-state index in [4.69, 9.17) is 14.6 Å². The first kappa shape index (κ1) is 41.8. The first-order valence-electron chi connectivity index (χ1n) is 16.3. The lowest BCUT2D eigenvalue weighted by Crippen LogP contribution is -2.46. The van der Waals surface area contributed by atoms with Crippen LogP contribution in [0.5, 0.6) is 0 Å². The maximum atomic E-state index is 13.2. The Balaban J connectivity index is 2.88. The van der Waals surface area contributed by atoms with Crippen molar-refractivity contribution in [1.82, 2.24) is 15.5 Å². The molecule has 14 nitrogen and oxygen atoms in total. The van der Waals surface area contributed by atoms with Gasteiger partial charge in [0, 0.05) is 58.8 Å². The molecule has 1 rings (SSSR count). The van der Waals surface area contributed by atoms with Crippen LogP contribution in [0, 0.1) is 0 Å². The van der Waals surface area contributed by atoms with Gasteiger partial charge >= 0.3 is 0 Å². The molecule has 266 valence electrons. The molecule has 14 heteroatoms. The molecule has 1 aromatic rings. The van der Waals surface area contributed by atoms with Crippen LogP contribution in [0.2, 0.25) is 0 Å². The number of aliphatic hydroxyl groups excluding tert-OH is 4. The number of hydrogen-bond acceptors (Lipinski definition) is 11. The van der Waals surface area contributed by atoms with Crippen molar-refractivity contribution in [1.29, 1.82) is 0 Å². The van der Waals surface area contributed by atoms with E-state index in [0.29, 0.717) is 26.1 Å². The average Bonchev–Trinajstić information content (AvgIpc) is 3.03. The largest absolute Gasteiger partial charge is 0.396 e. The highest BCUT2D eigenvalue weighted by molar-refractivity contribution is 6.00. The van der Waals surface area contributed by atoms with Crippen molar-refractivity contribution in [3.8, 4) is 0 Å². The van der Waals surface area contributed by atoms with Crippen LogP contribution in [0.25, 0.3) is 0 Å². The zero-order chi connectivity index (χ0) is 35.0. The number of ether oxygens (including phenoxy) is 2. The molecule has 47 heavy (non-hydrogen) atoms. The Bertz CT molecular complexity index is 1070. The molecule has 0 spiro atoms. The van der Waals surface area contributed by atoms with Crippen LogP contribution < -0.4 is 10.6 Å². The Labute approximate surface area is 276 Å². The third-order valence-corrected chi connectivity index (χ3v) is 7.13. The van der Waals surface area contributed by atoms with Gasteiger partial charge in [-0.25, -0.2) is 0 Å². The van der Waals surface area contributed by atoms with Gasteiger partial charge in [-0.3, -0.25) is 24.0 Å². The van der Waals surface area contributed by atoms with E-state index in [9.17, 15) is 39.3 Å². The summed E-state index contributed by atoms with van der Waals surface area (Å²) in [5.41, 5.74) is 0.740. The number of benzene rings is 1. The fourth-order valence-corrected chi connectivity index (χ4v) is 4.67. The zero-order valence-electron chi connectivity index (χ0n) is 27.6. The lowest BCUT2D eigenvalue weighted by molar-refractivity contribution is -0.143. The molecule has 0 heterocycles. The number of rotatable bonds is 27. The molecule has 0 fully saturated rings. The van der Waals surface area contributed by atoms with Gasteiger partial charge in [0.1, 0.15) is 6.42 Å². The van der Waals surface area contributed by atoms with E-state index < -0.39 is 54.5 Å². The van der Waals surface area contributed by atoms with Crippen molar-refractivity contribution < 1.29 is 53.9 Å². The number of amides is 3. The van der Waals surface area contributed by atoms with Gasteiger partial charge in [-0.2, -0.15) is 0 Å². The fourth-order valence-electron chi connectivity index (χ4n) is 4.67. The molecule has 0 bridgehead atoms. The Morgan fingerprint density at radius 2 is 1.47 bits per heavy atom. The predicted molar refractivity (Wildman–Crippen MR) is 172 cm³/mol. The molecular formula is C33H53N3O11. The summed E-state index contributed by atoms with van der Waals surface area (Å²) < 4.78 is 11.0. The Hall–Kier alpha value is -3.27. The highest BCUT2D eigenvalue weighted by Crippen LogP contribution is 2.11. The van der Waals surface area contributed by atoms with E-state index in [1.807, 2.05) is 13.8 Å². The summed E-state index contributed by atoms with van der Waals surface area (Å²) in [7, 11) is 0. The highest BCUT2D eigenvalue weighted by atomic mass is 16.7. The summed E-state index contributed by atoms with van der Waals surface area (Å²) in [5, 5.41) is 43.1. The lowest BCUT2D eigenvalue weighted by atomic mass is 9.99. The van der Waals surface area contributed by atoms with Crippen LogP contribution in [0.1, 0.15) is 70.8 Å². The second-order valence-electron chi connectivity index (χ2n) is 11.1. The van der Waals surface area contributed by atoms with Gasteiger partial charge in [0.15, 0.2) is 17.9 Å². The van der Waals surface area contributed by atoms with Crippen molar-refractivity contribution in [3.05, 3.63) is 35.9 Å². The molecule has 1 aromatic carbocycles. The van der Waals surface area contributed by atoms with Gasteiger partial charge in [0.05, 0.1) is 24.8 Å². The maximum absolute atomic E-state index is 13.2. The maximum Gasteiger partial charge on any atom is 0.232 e. The summed E-state index contributed by atoms with van der Waals surface area (Å²) >= 11 is 0. The van der Waals surface area contributed by atoms with Crippen LogP contribution >= 0.6 is 0 Å². The van der Waals surface area contributed by atoms with Crippen molar-refractivity contribution in [3.63, 3.8) is 0 Å². The number of aliphatic hydroxyl groups is 4. The van der Waals surface area contributed by atoms with Gasteiger partial charge in [-0.1, -0.05) is 30.3 Å². The van der Waals surface area contributed by atoms with E-state index in [-0.39, 0.29) is 77.2 Å². The standard InChI is InChI=1S/C33H53N3O11/c1-3-46-33(47-4-2)12-8-11-26(40)22-36(23-27(41)16-18-38)32(45)20-31(44)35-28(19-24-9-6-5-7-10-24)29(42)13-14-30(43)34-21-25(39)15-17-37/h5-7,9-10,25,27-28,33,37-39,41H,3-4,8,11-23H2,1-2H3,(H,34,43)(H,35,44). The van der Waals surface area contributed by atoms with Crippen molar-refractivity contribution in [2.24, 2.45) is 0 Å². The molecule has 0 saturated carbocycles. The monoisotopic (exact) mass is 667 g/mol. The number of hydrogen-bond donors (Lipinski definition) is 6. The summed E-state index contributed by atoms with van der Waals surface area (Å²) in [6, 6.07) is 7.83. The van der Waals surface area contributed by atoms with Crippen LogP contribution in [-0.4, -0.2) is 125 Å². The minimum Gasteiger partial charge on any atom is -0.396 e. The van der Waals surface area contributed by atoms with Gasteiger partial charge in [-0.05, 0) is 51.5 Å². The van der Waals surface area contributed by atoms with Crippen molar-refractivity contribution in [2.75, 3.05) is 46.1 Å². The predicted octanol–water partition coefficient (Wildman–Crippen LogP) is 0.0232. The molecular weight excluding hydrogens is 614 g/mol. The van der Waals surface area contributed by atoms with E-state index in [1.165, 1.54) is 0 Å². The second-order valence-corrected chi connectivity index (χ2v) is 11.1. The Morgan fingerprint density at radius 3 is 2.09 bits per heavy atom. The molecule has 0 aromatic heterocycles. The molecule has 0 aliphatic rings. The smallest absolute Gasteiger partial charge is 0.232 e. The van der Waals surface area contributed by atoms with E-state index >= 15 is 0 Å². The summed E-state index contributed by atoms with van der Waals surface area (Å²) in [6.07, 6.45) is -2.39. The quantitative estimate of drug-likeness (QED) is 0.0544. The molecule has 0 saturated heterocycles. The van der Waals surface area contributed by atoms with Crippen LogP contribution in [0.4, 0.5) is 0 Å². The van der Waals surface area contributed by atoms with Gasteiger partial charge < -0.3 is 45.4 Å². The molecule has 3 amide bonds. The van der Waals surface area contributed by atoms with E-state index in [0.717, 1.165) is 10.5 Å². The summed E-state index contributed by atoms with van der Waals surface area (Å²) in [4.78, 5) is 65.5.